The predicted octanol–water partition coefficient (Wildman–Crippen LogP) is 1.06. The summed E-state index contributed by atoms with van der Waals surface area (Å²) in [6.07, 6.45) is 0. The van der Waals surface area contributed by atoms with E-state index in [2.05, 4.69) is 10.6 Å². The first-order valence-corrected chi connectivity index (χ1v) is 6.39. The van der Waals surface area contributed by atoms with Crippen molar-refractivity contribution in [3.8, 4) is 0 Å². The van der Waals surface area contributed by atoms with Crippen molar-refractivity contribution >= 4 is 12.0 Å². The second-order valence-corrected chi connectivity index (χ2v) is 4.96. The van der Waals surface area contributed by atoms with Crippen LogP contribution in [0.25, 0.3) is 0 Å². The fourth-order valence-corrected chi connectivity index (χ4v) is 1.92. The van der Waals surface area contributed by atoms with Crippen molar-refractivity contribution in [3.05, 3.63) is 35.9 Å². The van der Waals surface area contributed by atoms with Crippen LogP contribution in [0.1, 0.15) is 18.5 Å². The van der Waals surface area contributed by atoms with Crippen LogP contribution in [-0.2, 0) is 4.79 Å². The van der Waals surface area contributed by atoms with Gasteiger partial charge in [-0.3, -0.25) is 0 Å². The number of urea groups is 1. The number of benzene rings is 1. The molecule has 2 atom stereocenters. The number of aliphatic carboxylic acids is 1. The number of rotatable bonds is 6. The molecule has 6 heteroatoms. The van der Waals surface area contributed by atoms with Gasteiger partial charge in [-0.15, -0.1) is 0 Å². The lowest BCUT2D eigenvalue weighted by Gasteiger charge is -2.20. The molecule has 0 heterocycles. The topological polar surface area (TPSA) is 81.7 Å². The van der Waals surface area contributed by atoms with E-state index in [9.17, 15) is 14.7 Å². The highest BCUT2D eigenvalue weighted by Crippen LogP contribution is 2.12. The normalized spacial score (nSPS) is 13.6. The van der Waals surface area contributed by atoms with E-state index in [0.717, 1.165) is 0 Å². The quantitative estimate of drug-likeness (QED) is 0.727. The Morgan fingerprint density at radius 2 is 1.80 bits per heavy atom. The van der Waals surface area contributed by atoms with E-state index in [1.807, 2.05) is 25.9 Å². The molecule has 0 saturated carbocycles. The second kappa shape index (κ2) is 7.49. The second-order valence-electron chi connectivity index (χ2n) is 4.96. The number of carboxylic acid groups (broad SMARTS) is 1. The van der Waals surface area contributed by atoms with Gasteiger partial charge < -0.3 is 20.6 Å². The zero-order valence-electron chi connectivity index (χ0n) is 12.0. The molecule has 0 aliphatic heterocycles. The summed E-state index contributed by atoms with van der Waals surface area (Å²) in [5, 5.41) is 14.4. The number of amides is 2. The number of carbonyl (C=O) groups excluding carboxylic acids is 1. The Kier molecular flexibility index (Phi) is 5.99. The van der Waals surface area contributed by atoms with Gasteiger partial charge in [-0.1, -0.05) is 30.3 Å². The van der Waals surface area contributed by atoms with E-state index in [-0.39, 0.29) is 6.04 Å². The first kappa shape index (κ1) is 16.0. The molecule has 1 rings (SSSR count). The third-order valence-electron chi connectivity index (χ3n) is 2.67. The number of nitrogens with zero attached hydrogens (tertiary/aromatic N) is 1. The molecule has 20 heavy (non-hydrogen) atoms. The van der Waals surface area contributed by atoms with Crippen LogP contribution in [0.2, 0.25) is 0 Å². The zero-order valence-corrected chi connectivity index (χ0v) is 12.0. The van der Waals surface area contributed by atoms with Crippen LogP contribution in [0.5, 0.6) is 0 Å². The van der Waals surface area contributed by atoms with E-state index < -0.39 is 18.0 Å². The largest absolute Gasteiger partial charge is 0.479 e. The average Bonchev–Trinajstić information content (AvgIpc) is 2.35. The van der Waals surface area contributed by atoms with Crippen LogP contribution >= 0.6 is 0 Å². The molecule has 0 aliphatic carbocycles. The predicted molar refractivity (Wildman–Crippen MR) is 76.5 cm³/mol. The van der Waals surface area contributed by atoms with Crippen LogP contribution in [0, 0.1) is 0 Å². The lowest BCUT2D eigenvalue weighted by molar-refractivity contribution is -0.139. The van der Waals surface area contributed by atoms with Gasteiger partial charge in [0, 0.05) is 12.6 Å². The maximum Gasteiger partial charge on any atom is 0.330 e. The summed E-state index contributed by atoms with van der Waals surface area (Å²) in [5.74, 6) is -1.09. The molecule has 0 saturated heterocycles. The molecule has 0 spiro atoms. The molecule has 1 aromatic rings. The van der Waals surface area contributed by atoms with Crippen molar-refractivity contribution in [1.82, 2.24) is 15.5 Å². The Hall–Kier alpha value is -2.08. The van der Waals surface area contributed by atoms with Crippen molar-refractivity contribution in [2.75, 3.05) is 20.6 Å². The molecular weight excluding hydrogens is 258 g/mol. The number of likely N-dealkylation sites (N-methyl/N-ethyl adjacent to an activating group) is 1. The van der Waals surface area contributed by atoms with Gasteiger partial charge in [0.05, 0.1) is 0 Å². The van der Waals surface area contributed by atoms with Crippen LogP contribution in [0.3, 0.4) is 0 Å². The summed E-state index contributed by atoms with van der Waals surface area (Å²) >= 11 is 0. The van der Waals surface area contributed by atoms with Crippen LogP contribution in [0.15, 0.2) is 30.3 Å². The van der Waals surface area contributed by atoms with Crippen molar-refractivity contribution in [1.29, 1.82) is 0 Å². The minimum atomic E-state index is -1.09. The molecule has 1 aromatic carbocycles. The lowest BCUT2D eigenvalue weighted by Crippen LogP contribution is -2.47. The first-order valence-electron chi connectivity index (χ1n) is 6.39. The number of hydrogen-bond donors (Lipinski definition) is 3. The highest BCUT2D eigenvalue weighted by atomic mass is 16.4. The molecule has 0 fully saturated rings. The van der Waals surface area contributed by atoms with E-state index in [4.69, 9.17) is 0 Å². The standard InChI is InChI=1S/C14H21N3O3/c1-10(9-17(2)3)15-14(20)16-12(13(18)19)11-7-5-4-6-8-11/h4-8,10,12H,9H2,1-3H3,(H,18,19)(H2,15,16,20)/t10?,12-/m0/s1. The first-order chi connectivity index (χ1) is 9.40. The molecular formula is C14H21N3O3. The minimum absolute atomic E-state index is 0.0739. The van der Waals surface area contributed by atoms with Crippen molar-refractivity contribution in [2.24, 2.45) is 0 Å². The molecule has 0 aromatic heterocycles. The number of carbonyl (C=O) groups is 2. The molecule has 1 unspecified atom stereocenters. The molecule has 2 amide bonds. The molecule has 0 aliphatic rings. The summed E-state index contributed by atoms with van der Waals surface area (Å²) in [7, 11) is 3.81. The molecule has 3 N–H and O–H groups in total. The Morgan fingerprint density at radius 1 is 1.20 bits per heavy atom. The Bertz CT molecular complexity index is 448. The Labute approximate surface area is 118 Å². The van der Waals surface area contributed by atoms with Gasteiger partial charge in [-0.05, 0) is 26.6 Å². The summed E-state index contributed by atoms with van der Waals surface area (Å²) in [6, 6.07) is 6.99. The highest BCUT2D eigenvalue weighted by Gasteiger charge is 2.22. The molecule has 6 nitrogen and oxygen atoms in total. The van der Waals surface area contributed by atoms with Crippen LogP contribution in [-0.4, -0.2) is 48.7 Å². The Balaban J connectivity index is 2.63. The van der Waals surface area contributed by atoms with Crippen molar-refractivity contribution in [3.63, 3.8) is 0 Å². The monoisotopic (exact) mass is 279 g/mol. The number of nitrogens with one attached hydrogen (secondary N) is 2. The Morgan fingerprint density at radius 3 is 2.30 bits per heavy atom. The minimum Gasteiger partial charge on any atom is -0.479 e. The molecule has 0 bridgehead atoms. The average molecular weight is 279 g/mol. The van der Waals surface area contributed by atoms with Gasteiger partial charge in [0.25, 0.3) is 0 Å². The van der Waals surface area contributed by atoms with E-state index >= 15 is 0 Å². The zero-order chi connectivity index (χ0) is 15.1. The third kappa shape index (κ3) is 5.27. The summed E-state index contributed by atoms with van der Waals surface area (Å²) in [6.45, 7) is 2.54. The number of carboxylic acids is 1. The van der Waals surface area contributed by atoms with Crippen molar-refractivity contribution < 1.29 is 14.7 Å². The maximum absolute atomic E-state index is 11.8. The van der Waals surface area contributed by atoms with Gasteiger partial charge >= 0.3 is 12.0 Å². The van der Waals surface area contributed by atoms with E-state index in [1.54, 1.807) is 30.3 Å². The smallest absolute Gasteiger partial charge is 0.330 e. The molecule has 110 valence electrons. The van der Waals surface area contributed by atoms with Gasteiger partial charge in [-0.25, -0.2) is 9.59 Å². The van der Waals surface area contributed by atoms with Crippen LogP contribution in [0.4, 0.5) is 4.79 Å². The third-order valence-corrected chi connectivity index (χ3v) is 2.67. The lowest BCUT2D eigenvalue weighted by atomic mass is 10.1. The van der Waals surface area contributed by atoms with E-state index in [1.165, 1.54) is 0 Å². The van der Waals surface area contributed by atoms with Gasteiger partial charge in [0.15, 0.2) is 6.04 Å². The fourth-order valence-electron chi connectivity index (χ4n) is 1.92. The fraction of sp³-hybridized carbons (Fsp3) is 0.429. The number of hydrogen-bond acceptors (Lipinski definition) is 3. The van der Waals surface area contributed by atoms with Gasteiger partial charge in [0.2, 0.25) is 0 Å². The summed E-state index contributed by atoms with van der Waals surface area (Å²) < 4.78 is 0. The summed E-state index contributed by atoms with van der Waals surface area (Å²) in [5.41, 5.74) is 0.537. The maximum atomic E-state index is 11.8. The molecule has 0 radical (unpaired) electrons. The van der Waals surface area contributed by atoms with E-state index in [0.29, 0.717) is 12.1 Å². The van der Waals surface area contributed by atoms with Gasteiger partial charge in [0.1, 0.15) is 0 Å². The van der Waals surface area contributed by atoms with Crippen LogP contribution < -0.4 is 10.6 Å². The van der Waals surface area contributed by atoms with Gasteiger partial charge in [-0.2, -0.15) is 0 Å². The summed E-state index contributed by atoms with van der Waals surface area (Å²) in [4.78, 5) is 25.0. The highest BCUT2D eigenvalue weighted by molar-refractivity contribution is 5.83. The van der Waals surface area contributed by atoms with Crippen molar-refractivity contribution in [2.45, 2.75) is 19.0 Å². The SMILES string of the molecule is CC(CN(C)C)NC(=O)N[C@H](C(=O)O)c1ccccc1.